The first-order chi connectivity index (χ1) is 9.31. The third kappa shape index (κ3) is 3.04. The summed E-state index contributed by atoms with van der Waals surface area (Å²) in [5.41, 5.74) is 1.53. The fourth-order valence-corrected chi connectivity index (χ4v) is 2.58. The molecule has 1 fully saturated rings. The van der Waals surface area contributed by atoms with Crippen LogP contribution in [0.5, 0.6) is 0 Å². The molecule has 0 saturated carbocycles. The minimum absolute atomic E-state index is 0.240. The molecule has 1 saturated heterocycles. The topological polar surface area (TPSA) is 44.0 Å². The van der Waals surface area contributed by atoms with E-state index in [9.17, 15) is 4.39 Å². The molecule has 4 nitrogen and oxygen atoms in total. The van der Waals surface area contributed by atoms with Crippen LogP contribution in [0, 0.1) is 5.82 Å². The summed E-state index contributed by atoms with van der Waals surface area (Å²) in [7, 11) is 0. The molecule has 1 aliphatic rings. The van der Waals surface area contributed by atoms with Crippen LogP contribution in [0.2, 0.25) is 0 Å². The molecule has 2 N–H and O–H groups in total. The van der Waals surface area contributed by atoms with Gasteiger partial charge in [0.2, 0.25) is 5.95 Å². The van der Waals surface area contributed by atoms with Crippen LogP contribution >= 0.6 is 0 Å². The minimum atomic E-state index is -0.240. The number of rotatable bonds is 4. The van der Waals surface area contributed by atoms with E-state index < -0.39 is 0 Å². The second-order valence-electron chi connectivity index (χ2n) is 5.08. The van der Waals surface area contributed by atoms with Crippen LogP contribution in [0.4, 0.5) is 10.3 Å². The van der Waals surface area contributed by atoms with Gasteiger partial charge >= 0.3 is 0 Å². The molecular weight excluding hydrogens is 243 g/mol. The van der Waals surface area contributed by atoms with Crippen LogP contribution in [0.1, 0.15) is 19.3 Å². The fraction of sp³-hybridized carbons (Fsp3) is 0.500. The van der Waals surface area contributed by atoms with Gasteiger partial charge in [0.05, 0.1) is 11.0 Å². The highest BCUT2D eigenvalue weighted by Crippen LogP contribution is 2.15. The zero-order chi connectivity index (χ0) is 13.1. The van der Waals surface area contributed by atoms with Crippen LogP contribution in [0.25, 0.3) is 11.0 Å². The summed E-state index contributed by atoms with van der Waals surface area (Å²) in [6, 6.07) is 4.59. The molecule has 19 heavy (non-hydrogen) atoms. The number of fused-ring (bicyclic) bond motifs is 1. The maximum Gasteiger partial charge on any atom is 0.201 e. The second-order valence-corrected chi connectivity index (χ2v) is 5.08. The van der Waals surface area contributed by atoms with Crippen molar-refractivity contribution in [2.75, 3.05) is 31.5 Å². The van der Waals surface area contributed by atoms with Gasteiger partial charge in [-0.15, -0.1) is 0 Å². The second kappa shape index (κ2) is 5.57. The molecule has 0 spiro atoms. The van der Waals surface area contributed by atoms with Crippen molar-refractivity contribution < 1.29 is 4.39 Å². The number of nitrogens with zero attached hydrogens (tertiary/aromatic N) is 2. The number of anilines is 1. The van der Waals surface area contributed by atoms with Crippen molar-refractivity contribution in [3.63, 3.8) is 0 Å². The summed E-state index contributed by atoms with van der Waals surface area (Å²) >= 11 is 0. The van der Waals surface area contributed by atoms with Gasteiger partial charge in [-0.1, -0.05) is 6.42 Å². The number of hydrogen-bond donors (Lipinski definition) is 2. The molecule has 1 aromatic carbocycles. The number of hydrogen-bond acceptors (Lipinski definition) is 3. The number of H-pyrrole nitrogens is 1. The van der Waals surface area contributed by atoms with E-state index in [4.69, 9.17) is 0 Å². The number of aromatic amines is 1. The summed E-state index contributed by atoms with van der Waals surface area (Å²) in [6.45, 7) is 4.30. The average molecular weight is 262 g/mol. The van der Waals surface area contributed by atoms with E-state index in [1.807, 2.05) is 0 Å². The number of piperidine rings is 1. The third-order valence-corrected chi connectivity index (χ3v) is 3.61. The molecule has 3 rings (SSSR count). The molecule has 0 bridgehead atoms. The van der Waals surface area contributed by atoms with Crippen molar-refractivity contribution in [3.8, 4) is 0 Å². The van der Waals surface area contributed by atoms with E-state index >= 15 is 0 Å². The van der Waals surface area contributed by atoms with Crippen LogP contribution in [0.3, 0.4) is 0 Å². The Bertz CT molecular complexity index is 545. The van der Waals surface area contributed by atoms with E-state index in [1.165, 1.54) is 44.5 Å². The van der Waals surface area contributed by atoms with Gasteiger partial charge in [-0.2, -0.15) is 0 Å². The molecule has 5 heteroatoms. The van der Waals surface area contributed by atoms with Gasteiger partial charge in [-0.05, 0) is 44.1 Å². The Labute approximate surface area is 112 Å². The van der Waals surface area contributed by atoms with Gasteiger partial charge in [0, 0.05) is 13.1 Å². The largest absolute Gasteiger partial charge is 0.355 e. The summed E-state index contributed by atoms with van der Waals surface area (Å²) in [6.07, 6.45) is 3.98. The van der Waals surface area contributed by atoms with Crippen LogP contribution in [0.15, 0.2) is 18.2 Å². The maximum atomic E-state index is 13.1. The molecular formula is C14H19FN4. The van der Waals surface area contributed by atoms with E-state index in [0.717, 1.165) is 30.1 Å². The average Bonchev–Trinajstić information content (AvgIpc) is 2.82. The number of likely N-dealkylation sites (tertiary alicyclic amines) is 1. The zero-order valence-electron chi connectivity index (χ0n) is 11.0. The van der Waals surface area contributed by atoms with Gasteiger partial charge in [0.1, 0.15) is 5.82 Å². The first-order valence-electron chi connectivity index (χ1n) is 6.93. The lowest BCUT2D eigenvalue weighted by atomic mass is 10.1. The van der Waals surface area contributed by atoms with Gasteiger partial charge in [0.15, 0.2) is 0 Å². The molecule has 0 amide bonds. The first-order valence-corrected chi connectivity index (χ1v) is 6.93. The molecule has 0 radical (unpaired) electrons. The lowest BCUT2D eigenvalue weighted by Crippen LogP contribution is -2.33. The number of imidazole rings is 1. The Kier molecular flexibility index (Phi) is 3.64. The molecule has 0 atom stereocenters. The van der Waals surface area contributed by atoms with E-state index in [-0.39, 0.29) is 5.82 Å². The maximum absolute atomic E-state index is 13.1. The SMILES string of the molecule is Fc1ccc2nc(NCCN3CCCCC3)[nH]c2c1. The summed E-state index contributed by atoms with van der Waals surface area (Å²) < 4.78 is 13.1. The molecule has 2 heterocycles. The standard InChI is InChI=1S/C14H19FN4/c15-11-4-5-12-13(10-11)18-14(17-12)16-6-9-19-7-2-1-3-8-19/h4-5,10H,1-3,6-9H2,(H2,16,17,18). The Morgan fingerprint density at radius 1 is 1.26 bits per heavy atom. The lowest BCUT2D eigenvalue weighted by Gasteiger charge is -2.26. The normalized spacial score (nSPS) is 16.9. The first kappa shape index (κ1) is 12.4. The molecule has 1 aliphatic heterocycles. The summed E-state index contributed by atoms with van der Waals surface area (Å²) in [5, 5.41) is 3.27. The smallest absolute Gasteiger partial charge is 0.201 e. The van der Waals surface area contributed by atoms with Gasteiger partial charge < -0.3 is 15.2 Å². The monoisotopic (exact) mass is 262 g/mol. The number of aromatic nitrogens is 2. The zero-order valence-corrected chi connectivity index (χ0v) is 11.0. The van der Waals surface area contributed by atoms with Crippen molar-refractivity contribution in [2.24, 2.45) is 0 Å². The van der Waals surface area contributed by atoms with Crippen molar-refractivity contribution in [1.29, 1.82) is 0 Å². The fourth-order valence-electron chi connectivity index (χ4n) is 2.58. The van der Waals surface area contributed by atoms with Crippen LogP contribution in [-0.4, -0.2) is 41.0 Å². The number of benzene rings is 1. The third-order valence-electron chi connectivity index (χ3n) is 3.61. The Morgan fingerprint density at radius 3 is 2.95 bits per heavy atom. The number of nitrogens with one attached hydrogen (secondary N) is 2. The van der Waals surface area contributed by atoms with Crippen molar-refractivity contribution >= 4 is 17.0 Å². The number of halogens is 1. The molecule has 102 valence electrons. The van der Waals surface area contributed by atoms with E-state index in [0.29, 0.717) is 0 Å². The van der Waals surface area contributed by atoms with Crippen LogP contribution < -0.4 is 5.32 Å². The molecule has 2 aromatic rings. The highest BCUT2D eigenvalue weighted by atomic mass is 19.1. The Hall–Kier alpha value is -1.62. The van der Waals surface area contributed by atoms with E-state index in [1.54, 1.807) is 6.07 Å². The van der Waals surface area contributed by atoms with Crippen molar-refractivity contribution in [2.45, 2.75) is 19.3 Å². The minimum Gasteiger partial charge on any atom is -0.355 e. The Balaban J connectivity index is 1.56. The Morgan fingerprint density at radius 2 is 2.11 bits per heavy atom. The van der Waals surface area contributed by atoms with Gasteiger partial charge in [-0.25, -0.2) is 9.37 Å². The quantitative estimate of drug-likeness (QED) is 0.890. The highest BCUT2D eigenvalue weighted by Gasteiger charge is 2.09. The predicted octanol–water partition coefficient (Wildman–Crippen LogP) is 2.60. The predicted molar refractivity (Wildman–Crippen MR) is 74.8 cm³/mol. The summed E-state index contributed by atoms with van der Waals surface area (Å²) in [5.74, 6) is 0.480. The molecule has 0 unspecified atom stereocenters. The van der Waals surface area contributed by atoms with Crippen molar-refractivity contribution in [3.05, 3.63) is 24.0 Å². The van der Waals surface area contributed by atoms with Gasteiger partial charge in [-0.3, -0.25) is 0 Å². The van der Waals surface area contributed by atoms with E-state index in [2.05, 4.69) is 20.2 Å². The highest BCUT2D eigenvalue weighted by molar-refractivity contribution is 5.77. The van der Waals surface area contributed by atoms with Crippen molar-refractivity contribution in [1.82, 2.24) is 14.9 Å². The summed E-state index contributed by atoms with van der Waals surface area (Å²) in [4.78, 5) is 9.95. The lowest BCUT2D eigenvalue weighted by molar-refractivity contribution is 0.237. The van der Waals surface area contributed by atoms with Crippen LogP contribution in [-0.2, 0) is 0 Å². The molecule has 0 aliphatic carbocycles. The van der Waals surface area contributed by atoms with Gasteiger partial charge in [0.25, 0.3) is 0 Å². The molecule has 1 aromatic heterocycles.